The van der Waals surface area contributed by atoms with Crippen LogP contribution in [0.15, 0.2) is 75.4 Å². The summed E-state index contributed by atoms with van der Waals surface area (Å²) in [7, 11) is 1.34. The molecule has 0 bridgehead atoms. The molecular formula is C23H16ClFN6O3. The molecule has 4 rings (SSSR count). The number of hydrogen-bond acceptors (Lipinski definition) is 6. The third kappa shape index (κ3) is 4.95. The molecule has 0 aliphatic rings. The van der Waals surface area contributed by atoms with E-state index in [1.165, 1.54) is 42.1 Å². The maximum Gasteiger partial charge on any atom is 0.335 e. The summed E-state index contributed by atoms with van der Waals surface area (Å²) in [5, 5.41) is 9.37. The van der Waals surface area contributed by atoms with Crippen molar-refractivity contribution in [2.75, 3.05) is 0 Å². The zero-order valence-electron chi connectivity index (χ0n) is 17.7. The highest BCUT2D eigenvalue weighted by molar-refractivity contribution is 6.30. The van der Waals surface area contributed by atoms with Gasteiger partial charge < -0.3 is 4.74 Å². The van der Waals surface area contributed by atoms with E-state index in [-0.39, 0.29) is 29.5 Å². The summed E-state index contributed by atoms with van der Waals surface area (Å²) in [6, 6.07) is 15.6. The Hall–Kier alpha value is -4.49. The Kier molecular flexibility index (Phi) is 6.38. The molecule has 34 heavy (non-hydrogen) atoms. The van der Waals surface area contributed by atoms with Crippen LogP contribution < -0.4 is 21.7 Å². The van der Waals surface area contributed by atoms with Gasteiger partial charge in [0.15, 0.2) is 11.6 Å². The lowest BCUT2D eigenvalue weighted by molar-refractivity contribution is 0.427. The van der Waals surface area contributed by atoms with Crippen LogP contribution in [-0.2, 0) is 13.6 Å². The van der Waals surface area contributed by atoms with Crippen molar-refractivity contribution in [1.82, 2.24) is 19.1 Å². The molecule has 170 valence electrons. The van der Waals surface area contributed by atoms with E-state index < -0.39 is 17.2 Å². The van der Waals surface area contributed by atoms with Crippen LogP contribution in [0.4, 0.5) is 10.1 Å². The molecule has 2 aromatic heterocycles. The Morgan fingerprint density at radius 3 is 2.59 bits per heavy atom. The molecule has 0 atom stereocenters. The first kappa shape index (κ1) is 22.7. The minimum Gasteiger partial charge on any atom is -0.436 e. The highest BCUT2D eigenvalue weighted by atomic mass is 35.5. The average Bonchev–Trinajstić information content (AvgIpc) is 2.83. The van der Waals surface area contributed by atoms with Gasteiger partial charge in [-0.3, -0.25) is 9.55 Å². The smallest absolute Gasteiger partial charge is 0.335 e. The first-order valence-corrected chi connectivity index (χ1v) is 10.2. The minimum atomic E-state index is -0.733. The molecule has 0 amide bonds. The molecule has 2 heterocycles. The van der Waals surface area contributed by atoms with Gasteiger partial charge in [-0.05, 0) is 35.9 Å². The number of H-pyrrole nitrogens is 1. The quantitative estimate of drug-likeness (QED) is 0.473. The van der Waals surface area contributed by atoms with Crippen molar-refractivity contribution < 1.29 is 9.13 Å². The summed E-state index contributed by atoms with van der Waals surface area (Å²) in [6.45, 7) is 0.105. The summed E-state index contributed by atoms with van der Waals surface area (Å²) < 4.78 is 22.3. The Balaban J connectivity index is 1.71. The first-order valence-electron chi connectivity index (χ1n) is 9.87. The zero-order chi connectivity index (χ0) is 24.2. The fourth-order valence-corrected chi connectivity index (χ4v) is 3.12. The van der Waals surface area contributed by atoms with Gasteiger partial charge in [0.05, 0.1) is 17.8 Å². The Morgan fingerprint density at radius 2 is 1.94 bits per heavy atom. The molecule has 0 fully saturated rings. The number of nitrogens with one attached hydrogen (secondary N) is 1. The van der Waals surface area contributed by atoms with E-state index in [2.05, 4.69) is 15.0 Å². The van der Waals surface area contributed by atoms with E-state index in [1.54, 1.807) is 24.3 Å². The number of hydrogen-bond donors (Lipinski definition) is 1. The molecule has 9 nitrogen and oxygen atoms in total. The van der Waals surface area contributed by atoms with Gasteiger partial charge in [-0.15, -0.1) is 0 Å². The van der Waals surface area contributed by atoms with Crippen molar-refractivity contribution >= 4 is 17.3 Å². The van der Waals surface area contributed by atoms with Crippen LogP contribution in [0.3, 0.4) is 0 Å². The number of rotatable bonds is 5. The predicted molar refractivity (Wildman–Crippen MR) is 121 cm³/mol. The first-order chi connectivity index (χ1) is 16.3. The maximum atomic E-state index is 14.7. The standard InChI is InChI=1S/C23H16ClFN6O3/c1-30-22(32)29-21(31(23(30)33)13-14-2-5-16(24)6-3-14)28-17-7-8-19(18(25)10-17)34-20-9-4-15(11-26)12-27-20/h2-10,12H,13H2,1H3,(H,28,29,32). The summed E-state index contributed by atoms with van der Waals surface area (Å²) in [5.41, 5.74) is -0.0684. The maximum absolute atomic E-state index is 14.7. The Bertz CT molecular complexity index is 1580. The van der Waals surface area contributed by atoms with E-state index in [9.17, 15) is 14.0 Å². The molecule has 4 aromatic rings. The monoisotopic (exact) mass is 478 g/mol. The normalized spacial score (nSPS) is 11.3. The van der Waals surface area contributed by atoms with Crippen LogP contribution in [0.1, 0.15) is 11.1 Å². The molecule has 0 radical (unpaired) electrons. The van der Waals surface area contributed by atoms with E-state index in [4.69, 9.17) is 21.6 Å². The molecule has 0 spiro atoms. The van der Waals surface area contributed by atoms with Gasteiger partial charge >= 0.3 is 11.4 Å². The van der Waals surface area contributed by atoms with Crippen LogP contribution >= 0.6 is 11.6 Å². The van der Waals surface area contributed by atoms with Crippen molar-refractivity contribution in [1.29, 1.82) is 5.26 Å². The van der Waals surface area contributed by atoms with E-state index in [0.717, 1.165) is 16.2 Å². The molecule has 0 saturated carbocycles. The summed E-state index contributed by atoms with van der Waals surface area (Å²) in [6.07, 6.45) is 1.31. The Morgan fingerprint density at radius 1 is 1.18 bits per heavy atom. The van der Waals surface area contributed by atoms with Gasteiger partial charge in [0, 0.05) is 30.4 Å². The lowest BCUT2D eigenvalue weighted by Gasteiger charge is -2.09. The number of nitrogens with zero attached hydrogens (tertiary/aromatic N) is 5. The molecule has 11 heteroatoms. The van der Waals surface area contributed by atoms with E-state index in [1.807, 2.05) is 6.07 Å². The van der Waals surface area contributed by atoms with Crippen molar-refractivity contribution in [2.24, 2.45) is 12.0 Å². The molecule has 1 N–H and O–H groups in total. The minimum absolute atomic E-state index is 0.0510. The molecule has 0 aliphatic heterocycles. The van der Waals surface area contributed by atoms with E-state index in [0.29, 0.717) is 10.6 Å². The number of ether oxygens (including phenoxy) is 1. The van der Waals surface area contributed by atoms with Gasteiger partial charge in [-0.25, -0.2) is 28.5 Å². The third-order valence-corrected chi connectivity index (χ3v) is 5.03. The summed E-state index contributed by atoms with van der Waals surface area (Å²) >= 11 is 5.92. The average molecular weight is 479 g/mol. The molecule has 0 aliphatic carbocycles. The van der Waals surface area contributed by atoms with Gasteiger partial charge in [-0.2, -0.15) is 5.26 Å². The van der Waals surface area contributed by atoms with Crippen LogP contribution in [0.25, 0.3) is 0 Å². The fraction of sp³-hybridized carbons (Fsp3) is 0.0870. The summed E-state index contributed by atoms with van der Waals surface area (Å²) in [4.78, 5) is 35.7. The van der Waals surface area contributed by atoms with Crippen LogP contribution in [0, 0.1) is 17.1 Å². The predicted octanol–water partition coefficient (Wildman–Crippen LogP) is 3.01. The van der Waals surface area contributed by atoms with Crippen molar-refractivity contribution in [2.45, 2.75) is 6.54 Å². The van der Waals surface area contributed by atoms with E-state index >= 15 is 0 Å². The number of pyridine rings is 1. The van der Waals surface area contributed by atoms with Crippen LogP contribution in [0.5, 0.6) is 11.6 Å². The lowest BCUT2D eigenvalue weighted by atomic mass is 10.2. The van der Waals surface area contributed by atoms with Gasteiger partial charge in [-0.1, -0.05) is 23.7 Å². The van der Waals surface area contributed by atoms with Crippen molar-refractivity contribution in [3.8, 4) is 17.7 Å². The lowest BCUT2D eigenvalue weighted by Crippen LogP contribution is -2.48. The van der Waals surface area contributed by atoms with Gasteiger partial charge in [0.1, 0.15) is 6.07 Å². The van der Waals surface area contributed by atoms with Crippen molar-refractivity contribution in [3.05, 3.63) is 109 Å². The molecule has 0 saturated heterocycles. The molecule has 0 unspecified atom stereocenters. The largest absolute Gasteiger partial charge is 0.436 e. The topological polar surface area (TPSA) is 118 Å². The van der Waals surface area contributed by atoms with Crippen LogP contribution in [0.2, 0.25) is 5.02 Å². The second-order valence-electron chi connectivity index (χ2n) is 7.13. The van der Waals surface area contributed by atoms with Crippen molar-refractivity contribution in [3.63, 3.8) is 0 Å². The number of aromatic nitrogens is 4. The number of nitriles is 1. The molecule has 2 aromatic carbocycles. The highest BCUT2D eigenvalue weighted by Gasteiger charge is 2.10. The zero-order valence-corrected chi connectivity index (χ0v) is 18.5. The Labute approximate surface area is 196 Å². The fourth-order valence-electron chi connectivity index (χ4n) is 2.99. The number of aromatic amines is 1. The second kappa shape index (κ2) is 9.56. The number of halogens is 2. The highest BCUT2D eigenvalue weighted by Crippen LogP contribution is 2.26. The van der Waals surface area contributed by atoms with Gasteiger partial charge in [0.2, 0.25) is 11.5 Å². The molecular weight excluding hydrogens is 463 g/mol. The third-order valence-electron chi connectivity index (χ3n) is 4.78. The van der Waals surface area contributed by atoms with Gasteiger partial charge in [0.25, 0.3) is 0 Å². The second-order valence-corrected chi connectivity index (χ2v) is 7.57. The van der Waals surface area contributed by atoms with Crippen LogP contribution in [-0.4, -0.2) is 19.1 Å². The number of benzene rings is 2. The SMILES string of the molecule is Cn1c(=O)[nH]/c(=N\c2ccc(Oc3ccc(C#N)cn3)c(F)c2)n(Cc2ccc(Cl)cc2)c1=O. The summed E-state index contributed by atoms with van der Waals surface area (Å²) in [5.74, 6) is -0.732.